The molecular formula is C23H22ClFN4O2. The number of hydrogen-bond donors (Lipinski definition) is 2. The number of nitriles is 1. The summed E-state index contributed by atoms with van der Waals surface area (Å²) < 4.78 is 19.5. The summed E-state index contributed by atoms with van der Waals surface area (Å²) in [6.45, 7) is 5.33. The van der Waals surface area contributed by atoms with Crippen molar-refractivity contribution in [2.45, 2.75) is 38.8 Å². The second kappa shape index (κ2) is 9.19. The van der Waals surface area contributed by atoms with Crippen LogP contribution >= 0.6 is 11.6 Å². The quantitative estimate of drug-likeness (QED) is 0.544. The number of benzene rings is 2. The van der Waals surface area contributed by atoms with Gasteiger partial charge in [0.25, 0.3) is 0 Å². The number of nitrogens with zero attached hydrogens (tertiary/aromatic N) is 2. The number of nitrogens with one attached hydrogen (secondary N) is 2. The van der Waals surface area contributed by atoms with Crippen molar-refractivity contribution in [1.82, 2.24) is 15.3 Å². The minimum atomic E-state index is -0.659. The molecule has 0 saturated heterocycles. The Morgan fingerprint density at radius 3 is 2.61 bits per heavy atom. The lowest BCUT2D eigenvalue weighted by Crippen LogP contribution is -2.36. The molecular weight excluding hydrogens is 419 g/mol. The molecule has 2 N–H and O–H groups in total. The van der Waals surface area contributed by atoms with E-state index in [0.717, 1.165) is 5.56 Å². The van der Waals surface area contributed by atoms with E-state index in [1.807, 2.05) is 30.3 Å². The van der Waals surface area contributed by atoms with Crippen LogP contribution in [0.3, 0.4) is 0 Å². The highest BCUT2D eigenvalue weighted by Crippen LogP contribution is 2.29. The molecule has 31 heavy (non-hydrogen) atoms. The van der Waals surface area contributed by atoms with Crippen molar-refractivity contribution >= 4 is 17.7 Å². The second-order valence-electron chi connectivity index (χ2n) is 7.98. The summed E-state index contributed by atoms with van der Waals surface area (Å²) in [6.07, 6.45) is -0.155. The Kier molecular flexibility index (Phi) is 6.62. The number of hydrogen-bond acceptors (Lipinski definition) is 4. The molecule has 6 nitrogen and oxygen atoms in total. The fraction of sp³-hybridized carbons (Fsp3) is 0.261. The molecule has 0 aliphatic heterocycles. The van der Waals surface area contributed by atoms with Gasteiger partial charge in [-0.05, 0) is 38.5 Å². The Labute approximate surface area is 185 Å². The highest BCUT2D eigenvalue weighted by Gasteiger charge is 2.24. The van der Waals surface area contributed by atoms with Crippen molar-refractivity contribution in [2.24, 2.45) is 0 Å². The van der Waals surface area contributed by atoms with Crippen molar-refractivity contribution in [1.29, 1.82) is 5.26 Å². The van der Waals surface area contributed by atoms with Crippen LogP contribution in [0.25, 0.3) is 11.3 Å². The molecule has 0 aliphatic carbocycles. The molecule has 8 heteroatoms. The number of imidazole rings is 1. The van der Waals surface area contributed by atoms with Crippen LogP contribution in [-0.4, -0.2) is 21.7 Å². The van der Waals surface area contributed by atoms with Crippen LogP contribution in [0.2, 0.25) is 5.15 Å². The van der Waals surface area contributed by atoms with Gasteiger partial charge in [-0.3, -0.25) is 0 Å². The molecule has 0 aliphatic rings. The molecule has 3 aromatic rings. The third kappa shape index (κ3) is 5.83. The standard InChI is InChI=1S/C23H22ClFN4O2/c1-23(2,3)31-22(30)27-18(11-14-7-5-4-6-8-14)21-28-19(20(24)29-21)15-9-10-16(13-26)17(25)12-15/h4-10,12,18H,11H2,1-3H3,(H,27,30)(H,28,29). The maximum absolute atomic E-state index is 14.1. The highest BCUT2D eigenvalue weighted by molar-refractivity contribution is 6.31. The van der Waals surface area contributed by atoms with Gasteiger partial charge in [-0.2, -0.15) is 5.26 Å². The number of alkyl carbamates (subject to hydrolysis) is 1. The van der Waals surface area contributed by atoms with Gasteiger partial charge in [-0.25, -0.2) is 14.2 Å². The molecule has 1 atom stereocenters. The number of amides is 1. The predicted molar refractivity (Wildman–Crippen MR) is 116 cm³/mol. The predicted octanol–water partition coefficient (Wildman–Crippen LogP) is 5.55. The first-order valence-corrected chi connectivity index (χ1v) is 10.0. The van der Waals surface area contributed by atoms with E-state index in [4.69, 9.17) is 21.6 Å². The largest absolute Gasteiger partial charge is 0.444 e. The molecule has 1 unspecified atom stereocenters. The van der Waals surface area contributed by atoms with Crippen molar-refractivity contribution in [3.8, 4) is 17.3 Å². The molecule has 0 fully saturated rings. The zero-order valence-electron chi connectivity index (χ0n) is 17.4. The van der Waals surface area contributed by atoms with Gasteiger partial charge in [0, 0.05) is 12.0 Å². The number of carbonyl (C=O) groups is 1. The Balaban J connectivity index is 1.93. The van der Waals surface area contributed by atoms with Crippen molar-refractivity contribution < 1.29 is 13.9 Å². The maximum Gasteiger partial charge on any atom is 0.408 e. The minimum Gasteiger partial charge on any atom is -0.444 e. The van der Waals surface area contributed by atoms with E-state index in [-0.39, 0.29) is 10.7 Å². The zero-order valence-corrected chi connectivity index (χ0v) is 18.1. The molecule has 1 heterocycles. The van der Waals surface area contributed by atoms with Gasteiger partial charge in [0.15, 0.2) is 0 Å². The number of rotatable bonds is 5. The zero-order chi connectivity index (χ0) is 22.6. The minimum absolute atomic E-state index is 0.0656. The first-order valence-electron chi connectivity index (χ1n) is 9.65. The van der Waals surface area contributed by atoms with Gasteiger partial charge in [0.2, 0.25) is 0 Å². The van der Waals surface area contributed by atoms with E-state index in [9.17, 15) is 9.18 Å². The fourth-order valence-electron chi connectivity index (χ4n) is 2.99. The van der Waals surface area contributed by atoms with E-state index in [2.05, 4.69) is 15.3 Å². The first kappa shape index (κ1) is 22.3. The Hall–Kier alpha value is -3.37. The number of aromatic amines is 1. The van der Waals surface area contributed by atoms with Crippen LogP contribution in [0.15, 0.2) is 48.5 Å². The van der Waals surface area contributed by atoms with Gasteiger partial charge in [0.05, 0.1) is 11.6 Å². The van der Waals surface area contributed by atoms with Crippen molar-refractivity contribution in [2.75, 3.05) is 0 Å². The number of H-pyrrole nitrogens is 1. The third-order valence-electron chi connectivity index (χ3n) is 4.34. The topological polar surface area (TPSA) is 90.8 Å². The summed E-state index contributed by atoms with van der Waals surface area (Å²) in [7, 11) is 0. The SMILES string of the molecule is CC(C)(C)OC(=O)NC(Cc1ccccc1)c1nc(-c2ccc(C#N)c(F)c2)c(Cl)[nH]1. The monoisotopic (exact) mass is 440 g/mol. The number of halogens is 2. The van der Waals surface area contributed by atoms with Crippen LogP contribution in [0, 0.1) is 17.1 Å². The molecule has 0 saturated carbocycles. The van der Waals surface area contributed by atoms with Crippen LogP contribution in [0.4, 0.5) is 9.18 Å². The normalized spacial score (nSPS) is 12.1. The van der Waals surface area contributed by atoms with Crippen molar-refractivity contribution in [3.05, 3.63) is 76.5 Å². The molecule has 160 valence electrons. The van der Waals surface area contributed by atoms with Crippen LogP contribution in [0.5, 0.6) is 0 Å². The first-order chi connectivity index (χ1) is 14.7. The molecule has 0 spiro atoms. The average Bonchev–Trinajstić information content (AvgIpc) is 3.08. The maximum atomic E-state index is 14.1. The van der Waals surface area contributed by atoms with Crippen LogP contribution in [-0.2, 0) is 11.2 Å². The van der Waals surface area contributed by atoms with Crippen molar-refractivity contribution in [3.63, 3.8) is 0 Å². The van der Waals surface area contributed by atoms with E-state index < -0.39 is 23.6 Å². The second-order valence-corrected chi connectivity index (χ2v) is 8.36. The molecule has 1 aromatic heterocycles. The Bertz CT molecular complexity index is 1120. The molecule has 3 rings (SSSR count). The summed E-state index contributed by atoms with van der Waals surface area (Å²) in [5, 5.41) is 12.0. The van der Waals surface area contributed by atoms with E-state index in [0.29, 0.717) is 23.5 Å². The average molecular weight is 441 g/mol. The summed E-state index contributed by atoms with van der Waals surface area (Å²) in [6, 6.07) is 14.9. The third-order valence-corrected chi connectivity index (χ3v) is 4.62. The lowest BCUT2D eigenvalue weighted by Gasteiger charge is -2.23. The summed E-state index contributed by atoms with van der Waals surface area (Å²) in [4.78, 5) is 19.9. The fourth-order valence-corrected chi connectivity index (χ4v) is 3.24. The number of ether oxygens (including phenoxy) is 1. The van der Waals surface area contributed by atoms with Crippen LogP contribution in [0.1, 0.15) is 43.8 Å². The van der Waals surface area contributed by atoms with E-state index in [1.54, 1.807) is 32.9 Å². The molecule has 0 radical (unpaired) electrons. The Morgan fingerprint density at radius 1 is 1.29 bits per heavy atom. The molecule has 1 amide bonds. The molecule has 0 bridgehead atoms. The van der Waals surface area contributed by atoms with Gasteiger partial charge >= 0.3 is 6.09 Å². The lowest BCUT2D eigenvalue weighted by molar-refractivity contribution is 0.0501. The van der Waals surface area contributed by atoms with Gasteiger partial charge in [-0.15, -0.1) is 0 Å². The number of carbonyl (C=O) groups excluding carboxylic acids is 1. The van der Waals surface area contributed by atoms with E-state index in [1.165, 1.54) is 12.1 Å². The van der Waals surface area contributed by atoms with Gasteiger partial charge < -0.3 is 15.0 Å². The lowest BCUT2D eigenvalue weighted by atomic mass is 10.1. The van der Waals surface area contributed by atoms with Gasteiger partial charge in [-0.1, -0.05) is 48.0 Å². The van der Waals surface area contributed by atoms with Gasteiger partial charge in [0.1, 0.15) is 34.2 Å². The van der Waals surface area contributed by atoms with E-state index >= 15 is 0 Å². The Morgan fingerprint density at radius 2 is 2.00 bits per heavy atom. The molecule has 2 aromatic carbocycles. The highest BCUT2D eigenvalue weighted by atomic mass is 35.5. The summed E-state index contributed by atoms with van der Waals surface area (Å²) >= 11 is 6.35. The summed E-state index contributed by atoms with van der Waals surface area (Å²) in [5.41, 5.74) is 0.989. The summed E-state index contributed by atoms with van der Waals surface area (Å²) in [5.74, 6) is -0.257. The van der Waals surface area contributed by atoms with Crippen LogP contribution < -0.4 is 5.32 Å². The number of aromatic nitrogens is 2. The smallest absolute Gasteiger partial charge is 0.408 e.